The Morgan fingerprint density at radius 2 is 2.08 bits per heavy atom. The number of nitrogens with zero attached hydrogens (tertiary/aromatic N) is 2. The molecule has 5 heteroatoms. The Morgan fingerprint density at radius 3 is 2.96 bits per heavy atom. The molecule has 0 radical (unpaired) electrons. The number of rotatable bonds is 3. The van der Waals surface area contributed by atoms with Crippen LogP contribution >= 0.6 is 0 Å². The van der Waals surface area contributed by atoms with Gasteiger partial charge in [0.25, 0.3) is 0 Å². The highest BCUT2D eigenvalue weighted by molar-refractivity contribution is 5.96. The Labute approximate surface area is 149 Å². The lowest BCUT2D eigenvalue weighted by atomic mass is 9.89. The minimum absolute atomic E-state index is 0.137. The number of para-hydroxylation sites is 1. The van der Waals surface area contributed by atoms with Crippen molar-refractivity contribution in [3.8, 4) is 0 Å². The van der Waals surface area contributed by atoms with Gasteiger partial charge in [-0.15, -0.1) is 0 Å². The van der Waals surface area contributed by atoms with E-state index in [1.807, 2.05) is 17.0 Å². The van der Waals surface area contributed by atoms with Crippen LogP contribution in [-0.4, -0.2) is 60.9 Å². The van der Waals surface area contributed by atoms with Crippen LogP contribution in [0, 0.1) is 5.92 Å². The van der Waals surface area contributed by atoms with Crippen LogP contribution in [-0.2, 0) is 16.0 Å². The Morgan fingerprint density at radius 1 is 1.20 bits per heavy atom. The average molecular weight is 344 g/mol. The van der Waals surface area contributed by atoms with Gasteiger partial charge in [-0.2, -0.15) is 0 Å². The normalized spacial score (nSPS) is 30.3. The van der Waals surface area contributed by atoms with E-state index in [-0.39, 0.29) is 24.0 Å². The molecular weight excluding hydrogens is 316 g/mol. The second-order valence-corrected chi connectivity index (χ2v) is 7.55. The molecule has 3 heterocycles. The minimum Gasteiger partial charge on any atom is -0.393 e. The largest absolute Gasteiger partial charge is 0.393 e. The van der Waals surface area contributed by atoms with E-state index in [4.69, 9.17) is 4.74 Å². The molecule has 3 atom stereocenters. The fraction of sp³-hybridized carbons (Fsp3) is 0.650. The number of fused-ring (bicyclic) bond motifs is 1. The lowest BCUT2D eigenvalue weighted by Crippen LogP contribution is -2.50. The zero-order chi connectivity index (χ0) is 17.2. The molecule has 1 amide bonds. The first kappa shape index (κ1) is 17.0. The van der Waals surface area contributed by atoms with E-state index in [9.17, 15) is 9.90 Å². The zero-order valence-electron chi connectivity index (χ0n) is 14.8. The molecule has 0 aliphatic carbocycles. The monoisotopic (exact) mass is 344 g/mol. The summed E-state index contributed by atoms with van der Waals surface area (Å²) in [6.07, 6.45) is 4.64. The number of aryl methyl sites for hydroxylation is 1. The summed E-state index contributed by atoms with van der Waals surface area (Å²) in [7, 11) is 0. The maximum Gasteiger partial charge on any atom is 0.241 e. The summed E-state index contributed by atoms with van der Waals surface area (Å²) in [5.41, 5.74) is 2.35. The van der Waals surface area contributed by atoms with E-state index < -0.39 is 0 Å². The van der Waals surface area contributed by atoms with Gasteiger partial charge < -0.3 is 14.7 Å². The summed E-state index contributed by atoms with van der Waals surface area (Å²) >= 11 is 0. The van der Waals surface area contributed by atoms with E-state index in [1.165, 1.54) is 5.56 Å². The molecular formula is C20H28N2O3. The Balaban J connectivity index is 1.45. The van der Waals surface area contributed by atoms with Crippen molar-refractivity contribution < 1.29 is 14.6 Å². The molecule has 0 spiro atoms. The number of likely N-dealkylation sites (tertiary alicyclic amines) is 1. The number of aliphatic hydroxyl groups excluding tert-OH is 1. The lowest BCUT2D eigenvalue weighted by Gasteiger charge is -2.38. The third-order valence-electron chi connectivity index (χ3n) is 6.02. The SMILES string of the molecule is O=C(CN1CCC[C@@H]1[C@H]1COCC[C@H]1O)N1CCCc2ccccc21. The molecule has 5 nitrogen and oxygen atoms in total. The van der Waals surface area contributed by atoms with Crippen LogP contribution in [0.15, 0.2) is 24.3 Å². The molecule has 1 N–H and O–H groups in total. The van der Waals surface area contributed by atoms with Crippen molar-refractivity contribution in [1.29, 1.82) is 0 Å². The molecule has 2 saturated heterocycles. The predicted molar refractivity (Wildman–Crippen MR) is 96.6 cm³/mol. The van der Waals surface area contributed by atoms with Crippen molar-refractivity contribution >= 4 is 11.6 Å². The molecule has 1 aromatic rings. The van der Waals surface area contributed by atoms with Crippen molar-refractivity contribution in [3.63, 3.8) is 0 Å². The third kappa shape index (κ3) is 3.46. The van der Waals surface area contributed by atoms with Gasteiger partial charge in [0.05, 0.1) is 19.3 Å². The third-order valence-corrected chi connectivity index (χ3v) is 6.02. The second-order valence-electron chi connectivity index (χ2n) is 7.55. The molecule has 25 heavy (non-hydrogen) atoms. The van der Waals surface area contributed by atoms with Gasteiger partial charge in [-0.3, -0.25) is 9.69 Å². The highest BCUT2D eigenvalue weighted by atomic mass is 16.5. The number of aliphatic hydroxyl groups is 1. The van der Waals surface area contributed by atoms with Crippen LogP contribution in [0.25, 0.3) is 0 Å². The second kappa shape index (κ2) is 7.44. The lowest BCUT2D eigenvalue weighted by molar-refractivity contribution is -0.121. The fourth-order valence-electron chi connectivity index (χ4n) is 4.70. The van der Waals surface area contributed by atoms with Gasteiger partial charge in [0, 0.05) is 30.8 Å². The number of ether oxygens (including phenoxy) is 1. The molecule has 0 unspecified atom stereocenters. The molecule has 1 aromatic carbocycles. The number of hydrogen-bond donors (Lipinski definition) is 1. The first-order valence-electron chi connectivity index (χ1n) is 9.62. The van der Waals surface area contributed by atoms with Crippen molar-refractivity contribution in [2.24, 2.45) is 5.92 Å². The zero-order valence-corrected chi connectivity index (χ0v) is 14.8. The molecule has 2 fully saturated rings. The van der Waals surface area contributed by atoms with Crippen LogP contribution in [0.3, 0.4) is 0 Å². The number of amides is 1. The molecule has 3 aliphatic heterocycles. The molecule has 3 aliphatic rings. The van der Waals surface area contributed by atoms with Crippen molar-refractivity contribution in [3.05, 3.63) is 29.8 Å². The molecule has 0 bridgehead atoms. The van der Waals surface area contributed by atoms with E-state index in [0.29, 0.717) is 26.2 Å². The first-order chi connectivity index (χ1) is 12.2. The standard InChI is InChI=1S/C20H28N2O3/c23-19-9-12-25-14-16(19)18-8-4-10-21(18)13-20(24)22-11-3-6-15-5-1-2-7-17(15)22/h1-2,5,7,16,18-19,23H,3-4,6,8-14H2/t16-,18-,19-/m1/s1. The van der Waals surface area contributed by atoms with Gasteiger partial charge in [-0.1, -0.05) is 18.2 Å². The molecule has 136 valence electrons. The predicted octanol–water partition coefficient (Wildman–Crippen LogP) is 1.83. The Kier molecular flexibility index (Phi) is 5.06. The molecule has 0 aromatic heterocycles. The summed E-state index contributed by atoms with van der Waals surface area (Å²) in [5.74, 6) is 0.322. The van der Waals surface area contributed by atoms with E-state index in [1.54, 1.807) is 0 Å². The van der Waals surface area contributed by atoms with Crippen LogP contribution in [0.4, 0.5) is 5.69 Å². The van der Waals surface area contributed by atoms with Crippen molar-refractivity contribution in [2.45, 2.75) is 44.2 Å². The van der Waals surface area contributed by atoms with Crippen LogP contribution in [0.1, 0.15) is 31.2 Å². The van der Waals surface area contributed by atoms with Crippen LogP contribution < -0.4 is 4.90 Å². The highest BCUT2D eigenvalue weighted by Gasteiger charge is 2.38. The smallest absolute Gasteiger partial charge is 0.241 e. The molecule has 0 saturated carbocycles. The maximum absolute atomic E-state index is 13.0. The number of benzene rings is 1. The summed E-state index contributed by atoms with van der Waals surface area (Å²) in [5, 5.41) is 10.4. The number of carbonyl (C=O) groups is 1. The quantitative estimate of drug-likeness (QED) is 0.909. The van der Waals surface area contributed by atoms with E-state index in [2.05, 4.69) is 17.0 Å². The van der Waals surface area contributed by atoms with E-state index >= 15 is 0 Å². The van der Waals surface area contributed by atoms with Gasteiger partial charge in [0.2, 0.25) is 5.91 Å². The summed E-state index contributed by atoms with van der Waals surface area (Å²) in [6.45, 7) is 3.46. The minimum atomic E-state index is -0.301. The van der Waals surface area contributed by atoms with Gasteiger partial charge in [0.1, 0.15) is 0 Å². The van der Waals surface area contributed by atoms with Gasteiger partial charge in [-0.25, -0.2) is 0 Å². The average Bonchev–Trinajstić information content (AvgIpc) is 3.09. The Hall–Kier alpha value is -1.43. The van der Waals surface area contributed by atoms with Crippen LogP contribution in [0.5, 0.6) is 0 Å². The van der Waals surface area contributed by atoms with Gasteiger partial charge >= 0.3 is 0 Å². The summed E-state index contributed by atoms with van der Waals surface area (Å²) in [6, 6.07) is 8.52. The first-order valence-corrected chi connectivity index (χ1v) is 9.62. The number of anilines is 1. The number of carbonyl (C=O) groups excluding carboxylic acids is 1. The summed E-state index contributed by atoms with van der Waals surface area (Å²) < 4.78 is 5.60. The number of hydrogen-bond acceptors (Lipinski definition) is 4. The highest BCUT2D eigenvalue weighted by Crippen LogP contribution is 2.31. The topological polar surface area (TPSA) is 53.0 Å². The maximum atomic E-state index is 13.0. The van der Waals surface area contributed by atoms with Crippen LogP contribution in [0.2, 0.25) is 0 Å². The van der Waals surface area contributed by atoms with Crippen molar-refractivity contribution in [1.82, 2.24) is 4.90 Å². The van der Waals surface area contributed by atoms with E-state index in [0.717, 1.165) is 44.5 Å². The fourth-order valence-corrected chi connectivity index (χ4v) is 4.70. The molecule has 4 rings (SSSR count). The van der Waals surface area contributed by atoms with Gasteiger partial charge in [-0.05, 0) is 50.3 Å². The van der Waals surface area contributed by atoms with Crippen molar-refractivity contribution in [2.75, 3.05) is 37.7 Å². The summed E-state index contributed by atoms with van der Waals surface area (Å²) in [4.78, 5) is 17.3. The van der Waals surface area contributed by atoms with Gasteiger partial charge in [0.15, 0.2) is 0 Å². The Bertz CT molecular complexity index is 621.